The molecular formula is C13H13NO4. The first-order chi connectivity index (χ1) is 8.52. The van der Waals surface area contributed by atoms with Gasteiger partial charge in [0.1, 0.15) is 6.54 Å². The van der Waals surface area contributed by atoms with E-state index in [2.05, 4.69) is 0 Å². The summed E-state index contributed by atoms with van der Waals surface area (Å²) in [6.45, 7) is 1.79. The van der Waals surface area contributed by atoms with Crippen LogP contribution in [0.3, 0.4) is 0 Å². The van der Waals surface area contributed by atoms with E-state index in [1.165, 1.54) is 0 Å². The summed E-state index contributed by atoms with van der Waals surface area (Å²) < 4.78 is 1.63. The zero-order valence-corrected chi connectivity index (χ0v) is 9.88. The van der Waals surface area contributed by atoms with E-state index in [-0.39, 0.29) is 12.1 Å². The Morgan fingerprint density at radius 1 is 1.28 bits per heavy atom. The summed E-state index contributed by atoms with van der Waals surface area (Å²) in [6.07, 6.45) is 2.32. The molecule has 1 heterocycles. The Labute approximate surface area is 103 Å². The number of aromatic nitrogens is 1. The van der Waals surface area contributed by atoms with Crippen molar-refractivity contribution >= 4 is 22.8 Å². The lowest BCUT2D eigenvalue weighted by molar-refractivity contribution is -0.137. The molecule has 0 fully saturated rings. The molecule has 0 radical (unpaired) electrons. The van der Waals surface area contributed by atoms with Crippen LogP contribution in [0.4, 0.5) is 0 Å². The topological polar surface area (TPSA) is 79.5 Å². The minimum Gasteiger partial charge on any atom is -0.480 e. The highest BCUT2D eigenvalue weighted by atomic mass is 16.4. The number of nitrogens with zero attached hydrogens (tertiary/aromatic N) is 1. The minimum atomic E-state index is -0.974. The highest BCUT2D eigenvalue weighted by Crippen LogP contribution is 2.23. The molecule has 5 nitrogen and oxygen atoms in total. The molecular weight excluding hydrogens is 234 g/mol. The molecule has 2 aromatic rings. The van der Waals surface area contributed by atoms with E-state index >= 15 is 0 Å². The van der Waals surface area contributed by atoms with Crippen LogP contribution in [0.1, 0.15) is 22.8 Å². The number of hydrogen-bond acceptors (Lipinski definition) is 2. The normalized spacial score (nSPS) is 10.7. The average Bonchev–Trinajstić information content (AvgIpc) is 2.70. The van der Waals surface area contributed by atoms with Crippen molar-refractivity contribution in [2.24, 2.45) is 0 Å². The van der Waals surface area contributed by atoms with Gasteiger partial charge in [-0.15, -0.1) is 0 Å². The van der Waals surface area contributed by atoms with Gasteiger partial charge in [-0.1, -0.05) is 6.92 Å². The van der Waals surface area contributed by atoms with Gasteiger partial charge < -0.3 is 14.8 Å². The molecule has 0 spiro atoms. The summed E-state index contributed by atoms with van der Waals surface area (Å²) in [5, 5.41) is 18.6. The molecule has 5 heteroatoms. The maximum absolute atomic E-state index is 11.0. The van der Waals surface area contributed by atoms with Crippen LogP contribution in [0, 0.1) is 0 Å². The standard InChI is InChI=1S/C13H13NO4/c1-2-8-5-10(13(17)18)6-9-3-4-14(12(8)9)7-11(15)16/h3-6H,2,7H2,1H3,(H,15,16)(H,17,18). The van der Waals surface area contributed by atoms with Crippen molar-refractivity contribution in [1.29, 1.82) is 0 Å². The molecule has 0 aliphatic heterocycles. The lowest BCUT2D eigenvalue weighted by Gasteiger charge is -2.07. The first-order valence-electron chi connectivity index (χ1n) is 5.59. The Balaban J connectivity index is 2.66. The molecule has 0 amide bonds. The Hall–Kier alpha value is -2.30. The largest absolute Gasteiger partial charge is 0.480 e. The number of carboxylic acids is 2. The lowest BCUT2D eigenvalue weighted by Crippen LogP contribution is -2.08. The summed E-state index contributed by atoms with van der Waals surface area (Å²) in [7, 11) is 0. The third-order valence-electron chi connectivity index (χ3n) is 2.87. The molecule has 0 saturated carbocycles. The molecule has 0 aliphatic rings. The highest BCUT2D eigenvalue weighted by Gasteiger charge is 2.12. The molecule has 0 aliphatic carbocycles. The fraction of sp³-hybridized carbons (Fsp3) is 0.231. The van der Waals surface area contributed by atoms with Gasteiger partial charge in [0, 0.05) is 11.6 Å². The van der Waals surface area contributed by atoms with Crippen LogP contribution in [0.2, 0.25) is 0 Å². The van der Waals surface area contributed by atoms with Gasteiger partial charge in [0.05, 0.1) is 11.1 Å². The second-order valence-corrected chi connectivity index (χ2v) is 4.07. The van der Waals surface area contributed by atoms with Crippen LogP contribution < -0.4 is 0 Å². The Bertz CT molecular complexity index is 627. The summed E-state index contributed by atoms with van der Waals surface area (Å²) in [6, 6.07) is 4.90. The molecule has 0 atom stereocenters. The number of fused-ring (bicyclic) bond motifs is 1. The van der Waals surface area contributed by atoms with E-state index in [0.29, 0.717) is 6.42 Å². The minimum absolute atomic E-state index is 0.122. The van der Waals surface area contributed by atoms with E-state index in [0.717, 1.165) is 16.5 Å². The predicted octanol–water partition coefficient (Wildman–Crippen LogP) is 1.99. The van der Waals surface area contributed by atoms with Crippen LogP contribution in [-0.2, 0) is 17.8 Å². The van der Waals surface area contributed by atoms with Crippen molar-refractivity contribution < 1.29 is 19.8 Å². The van der Waals surface area contributed by atoms with Crippen LogP contribution in [-0.4, -0.2) is 26.7 Å². The molecule has 0 unspecified atom stereocenters. The van der Waals surface area contributed by atoms with Crippen molar-refractivity contribution in [2.45, 2.75) is 19.9 Å². The first kappa shape index (κ1) is 12.2. The van der Waals surface area contributed by atoms with Crippen molar-refractivity contribution in [3.05, 3.63) is 35.5 Å². The smallest absolute Gasteiger partial charge is 0.335 e. The van der Waals surface area contributed by atoms with Gasteiger partial charge in [-0.05, 0) is 30.2 Å². The van der Waals surface area contributed by atoms with Crippen molar-refractivity contribution in [3.8, 4) is 0 Å². The van der Waals surface area contributed by atoms with Crippen LogP contribution >= 0.6 is 0 Å². The summed E-state index contributed by atoms with van der Waals surface area (Å²) in [4.78, 5) is 21.8. The van der Waals surface area contributed by atoms with E-state index < -0.39 is 11.9 Å². The monoisotopic (exact) mass is 247 g/mol. The zero-order chi connectivity index (χ0) is 13.3. The van der Waals surface area contributed by atoms with Crippen LogP contribution in [0.25, 0.3) is 10.9 Å². The second kappa shape index (κ2) is 4.52. The van der Waals surface area contributed by atoms with Crippen molar-refractivity contribution in [1.82, 2.24) is 4.57 Å². The molecule has 18 heavy (non-hydrogen) atoms. The molecule has 1 aromatic heterocycles. The van der Waals surface area contributed by atoms with E-state index in [1.807, 2.05) is 6.92 Å². The number of aliphatic carboxylic acids is 1. The lowest BCUT2D eigenvalue weighted by atomic mass is 10.0. The third kappa shape index (κ3) is 2.07. The predicted molar refractivity (Wildman–Crippen MR) is 65.9 cm³/mol. The van der Waals surface area contributed by atoms with E-state index in [9.17, 15) is 9.59 Å². The number of aryl methyl sites for hydroxylation is 1. The van der Waals surface area contributed by atoms with Gasteiger partial charge in [0.15, 0.2) is 0 Å². The summed E-state index contributed by atoms with van der Waals surface area (Å²) in [5.74, 6) is -1.89. The number of carboxylic acid groups (broad SMARTS) is 2. The molecule has 1 aromatic carbocycles. The quantitative estimate of drug-likeness (QED) is 0.865. The fourth-order valence-corrected chi connectivity index (χ4v) is 2.11. The molecule has 94 valence electrons. The molecule has 2 N–H and O–H groups in total. The third-order valence-corrected chi connectivity index (χ3v) is 2.87. The Kier molecular flexibility index (Phi) is 3.06. The van der Waals surface area contributed by atoms with Crippen LogP contribution in [0.5, 0.6) is 0 Å². The van der Waals surface area contributed by atoms with Gasteiger partial charge >= 0.3 is 11.9 Å². The maximum atomic E-state index is 11.0. The number of carbonyl (C=O) groups is 2. The highest BCUT2D eigenvalue weighted by molar-refractivity contribution is 5.95. The SMILES string of the molecule is CCc1cc(C(=O)O)cc2ccn(CC(=O)O)c12. The summed E-state index contributed by atoms with van der Waals surface area (Å²) in [5.41, 5.74) is 1.87. The zero-order valence-electron chi connectivity index (χ0n) is 9.88. The first-order valence-corrected chi connectivity index (χ1v) is 5.59. The number of benzene rings is 1. The van der Waals surface area contributed by atoms with Crippen molar-refractivity contribution in [2.75, 3.05) is 0 Å². The summed E-state index contributed by atoms with van der Waals surface area (Å²) >= 11 is 0. The van der Waals surface area contributed by atoms with Gasteiger partial charge in [0.25, 0.3) is 0 Å². The Morgan fingerprint density at radius 2 is 2.00 bits per heavy atom. The van der Waals surface area contributed by atoms with Gasteiger partial charge in [0.2, 0.25) is 0 Å². The van der Waals surface area contributed by atoms with Crippen LogP contribution in [0.15, 0.2) is 24.4 Å². The van der Waals surface area contributed by atoms with E-state index in [1.54, 1.807) is 29.0 Å². The molecule has 0 bridgehead atoms. The number of rotatable bonds is 4. The Morgan fingerprint density at radius 3 is 2.56 bits per heavy atom. The second-order valence-electron chi connectivity index (χ2n) is 4.07. The molecule has 0 saturated heterocycles. The number of aromatic carboxylic acids is 1. The van der Waals surface area contributed by atoms with Gasteiger partial charge in [-0.2, -0.15) is 0 Å². The fourth-order valence-electron chi connectivity index (χ4n) is 2.11. The number of hydrogen-bond donors (Lipinski definition) is 2. The van der Waals surface area contributed by atoms with Gasteiger partial charge in [-0.3, -0.25) is 4.79 Å². The average molecular weight is 247 g/mol. The maximum Gasteiger partial charge on any atom is 0.335 e. The van der Waals surface area contributed by atoms with E-state index in [4.69, 9.17) is 10.2 Å². The van der Waals surface area contributed by atoms with Crippen molar-refractivity contribution in [3.63, 3.8) is 0 Å². The van der Waals surface area contributed by atoms with Gasteiger partial charge in [-0.25, -0.2) is 4.79 Å². The molecule has 2 rings (SSSR count).